The molecule has 3 aromatic rings. The van der Waals surface area contributed by atoms with Crippen molar-refractivity contribution in [2.75, 3.05) is 19.0 Å². The molecule has 8 nitrogen and oxygen atoms in total. The van der Waals surface area contributed by atoms with Gasteiger partial charge in [0.05, 0.1) is 30.6 Å². The molecule has 0 saturated heterocycles. The summed E-state index contributed by atoms with van der Waals surface area (Å²) in [5.74, 6) is 1.06. The predicted molar refractivity (Wildman–Crippen MR) is 102 cm³/mol. The zero-order valence-corrected chi connectivity index (χ0v) is 15.5. The molecule has 27 heavy (non-hydrogen) atoms. The molecule has 1 aromatic carbocycles. The number of anilines is 1. The van der Waals surface area contributed by atoms with Crippen molar-refractivity contribution in [3.63, 3.8) is 0 Å². The number of carbonyl (C=O) groups is 1. The van der Waals surface area contributed by atoms with E-state index in [1.54, 1.807) is 18.0 Å². The lowest BCUT2D eigenvalue weighted by molar-refractivity contribution is 0.0939. The van der Waals surface area contributed by atoms with Crippen LogP contribution in [0.4, 0.5) is 5.95 Å². The Morgan fingerprint density at radius 2 is 1.89 bits per heavy atom. The zero-order valence-electron chi connectivity index (χ0n) is 15.5. The van der Waals surface area contributed by atoms with Crippen LogP contribution < -0.4 is 15.4 Å². The number of rotatable bonds is 7. The summed E-state index contributed by atoms with van der Waals surface area (Å²) in [6, 6.07) is 7.38. The van der Waals surface area contributed by atoms with Crippen LogP contribution in [0.5, 0.6) is 5.75 Å². The Bertz CT molecular complexity index is 889. The molecule has 0 bridgehead atoms. The Hall–Kier alpha value is -3.42. The number of carbonyl (C=O) groups excluding carboxylic acids is 1. The highest BCUT2D eigenvalue weighted by molar-refractivity contribution is 5.93. The van der Waals surface area contributed by atoms with Gasteiger partial charge in [-0.05, 0) is 38.1 Å². The molecule has 8 heteroatoms. The molecule has 0 aliphatic carbocycles. The fourth-order valence-corrected chi connectivity index (χ4v) is 2.49. The highest BCUT2D eigenvalue weighted by atomic mass is 16.5. The third-order valence-corrected chi connectivity index (χ3v) is 4.04. The van der Waals surface area contributed by atoms with Gasteiger partial charge in [0.2, 0.25) is 5.95 Å². The molecule has 0 aliphatic rings. The summed E-state index contributed by atoms with van der Waals surface area (Å²) in [7, 11) is 1.63. The van der Waals surface area contributed by atoms with Crippen molar-refractivity contribution in [3.8, 4) is 11.4 Å². The fraction of sp³-hybridized carbons (Fsp3) is 0.263. The molecule has 2 aromatic heterocycles. The number of amides is 1. The van der Waals surface area contributed by atoms with E-state index < -0.39 is 0 Å². The normalized spacial score (nSPS) is 11.7. The van der Waals surface area contributed by atoms with Gasteiger partial charge >= 0.3 is 0 Å². The highest BCUT2D eigenvalue weighted by Crippen LogP contribution is 2.17. The van der Waals surface area contributed by atoms with Crippen LogP contribution in [-0.4, -0.2) is 39.3 Å². The summed E-state index contributed by atoms with van der Waals surface area (Å²) in [6.45, 7) is 4.58. The minimum absolute atomic E-state index is 0.210. The van der Waals surface area contributed by atoms with Crippen LogP contribution in [0.1, 0.15) is 35.8 Å². The van der Waals surface area contributed by atoms with E-state index in [0.29, 0.717) is 11.5 Å². The van der Waals surface area contributed by atoms with E-state index in [4.69, 9.17) is 4.74 Å². The van der Waals surface area contributed by atoms with Gasteiger partial charge in [0.15, 0.2) is 0 Å². The average Bonchev–Trinajstić information content (AvgIpc) is 3.19. The smallest absolute Gasteiger partial charge is 0.254 e. The molecule has 3 rings (SSSR count). The number of nitrogens with one attached hydrogen (secondary N) is 2. The maximum Gasteiger partial charge on any atom is 0.254 e. The van der Waals surface area contributed by atoms with Gasteiger partial charge < -0.3 is 15.4 Å². The van der Waals surface area contributed by atoms with Gasteiger partial charge in [-0.3, -0.25) is 4.79 Å². The number of nitrogens with zero attached hydrogens (tertiary/aromatic N) is 4. The van der Waals surface area contributed by atoms with E-state index >= 15 is 0 Å². The first-order chi connectivity index (χ1) is 13.1. The van der Waals surface area contributed by atoms with E-state index in [1.165, 1.54) is 12.4 Å². The topological polar surface area (TPSA) is 94.0 Å². The Kier molecular flexibility index (Phi) is 5.65. The standard InChI is InChI=1S/C19H22N6O2/c1-4-20-19-21-9-14(10-22-19)18(26)24-13(2)15-11-23-25(12-15)16-5-7-17(27-3)8-6-16/h5-13H,4H2,1-3H3,(H,24,26)(H,20,21,22). The van der Waals surface area contributed by atoms with Gasteiger partial charge in [0.1, 0.15) is 5.75 Å². The molecule has 0 aliphatic heterocycles. The van der Waals surface area contributed by atoms with E-state index in [-0.39, 0.29) is 11.9 Å². The number of benzene rings is 1. The molecule has 0 saturated carbocycles. The van der Waals surface area contributed by atoms with Crippen LogP contribution in [0.2, 0.25) is 0 Å². The third kappa shape index (κ3) is 4.41. The predicted octanol–water partition coefficient (Wildman–Crippen LogP) is 2.59. The lowest BCUT2D eigenvalue weighted by Gasteiger charge is -2.12. The number of hydrogen-bond donors (Lipinski definition) is 2. The first-order valence-corrected chi connectivity index (χ1v) is 8.66. The molecular weight excluding hydrogens is 344 g/mol. The van der Waals surface area contributed by atoms with Crippen molar-refractivity contribution in [2.24, 2.45) is 0 Å². The van der Waals surface area contributed by atoms with Gasteiger partial charge in [0.25, 0.3) is 5.91 Å². The Balaban J connectivity index is 1.66. The molecule has 2 heterocycles. The van der Waals surface area contributed by atoms with Gasteiger partial charge in [-0.15, -0.1) is 0 Å². The SMILES string of the molecule is CCNc1ncc(C(=O)NC(C)c2cnn(-c3ccc(OC)cc3)c2)cn1. The number of methoxy groups -OCH3 is 1. The Morgan fingerprint density at radius 3 is 2.52 bits per heavy atom. The summed E-state index contributed by atoms with van der Waals surface area (Å²) in [5.41, 5.74) is 2.21. The Labute approximate surface area is 157 Å². The maximum atomic E-state index is 12.4. The van der Waals surface area contributed by atoms with Crippen molar-refractivity contribution < 1.29 is 9.53 Å². The van der Waals surface area contributed by atoms with E-state index in [1.807, 2.05) is 44.3 Å². The molecule has 0 fully saturated rings. The number of aromatic nitrogens is 4. The number of hydrogen-bond acceptors (Lipinski definition) is 6. The molecule has 1 unspecified atom stereocenters. The van der Waals surface area contributed by atoms with Crippen LogP contribution >= 0.6 is 0 Å². The first-order valence-electron chi connectivity index (χ1n) is 8.66. The second kappa shape index (κ2) is 8.31. The van der Waals surface area contributed by atoms with Gasteiger partial charge in [-0.25, -0.2) is 14.6 Å². The first kappa shape index (κ1) is 18.4. The lowest BCUT2D eigenvalue weighted by Crippen LogP contribution is -2.26. The fourth-order valence-electron chi connectivity index (χ4n) is 2.49. The van der Waals surface area contributed by atoms with Crippen molar-refractivity contribution in [1.82, 2.24) is 25.1 Å². The summed E-state index contributed by atoms with van der Waals surface area (Å²) in [5, 5.41) is 10.3. The minimum Gasteiger partial charge on any atom is -0.497 e. The second-order valence-corrected chi connectivity index (χ2v) is 5.94. The monoisotopic (exact) mass is 366 g/mol. The van der Waals surface area contributed by atoms with E-state index in [2.05, 4.69) is 25.7 Å². The average molecular weight is 366 g/mol. The molecule has 140 valence electrons. The molecule has 2 N–H and O–H groups in total. The molecule has 0 spiro atoms. The van der Waals surface area contributed by atoms with Crippen molar-refractivity contribution in [1.29, 1.82) is 0 Å². The number of ether oxygens (including phenoxy) is 1. The summed E-state index contributed by atoms with van der Waals surface area (Å²) in [6.07, 6.45) is 6.64. The lowest BCUT2D eigenvalue weighted by atomic mass is 10.2. The van der Waals surface area contributed by atoms with Crippen LogP contribution in [-0.2, 0) is 0 Å². The summed E-state index contributed by atoms with van der Waals surface area (Å²) < 4.78 is 6.92. The maximum absolute atomic E-state index is 12.4. The molecular formula is C19H22N6O2. The minimum atomic E-state index is -0.234. The molecule has 1 atom stereocenters. The summed E-state index contributed by atoms with van der Waals surface area (Å²) in [4.78, 5) is 20.6. The van der Waals surface area contributed by atoms with Gasteiger partial charge in [0, 0.05) is 30.7 Å². The van der Waals surface area contributed by atoms with Crippen molar-refractivity contribution >= 4 is 11.9 Å². The van der Waals surface area contributed by atoms with Crippen LogP contribution in [0.3, 0.4) is 0 Å². The van der Waals surface area contributed by atoms with Crippen molar-refractivity contribution in [3.05, 3.63) is 60.2 Å². The van der Waals surface area contributed by atoms with Gasteiger partial charge in [-0.1, -0.05) is 0 Å². The third-order valence-electron chi connectivity index (χ3n) is 4.04. The highest BCUT2D eigenvalue weighted by Gasteiger charge is 2.14. The molecule has 1 amide bonds. The van der Waals surface area contributed by atoms with Crippen LogP contribution in [0.15, 0.2) is 49.1 Å². The zero-order chi connectivity index (χ0) is 19.2. The molecule has 0 radical (unpaired) electrons. The van der Waals surface area contributed by atoms with Crippen LogP contribution in [0.25, 0.3) is 5.69 Å². The van der Waals surface area contributed by atoms with E-state index in [0.717, 1.165) is 23.5 Å². The van der Waals surface area contributed by atoms with Gasteiger partial charge in [-0.2, -0.15) is 5.10 Å². The van der Waals surface area contributed by atoms with Crippen molar-refractivity contribution in [2.45, 2.75) is 19.9 Å². The van der Waals surface area contributed by atoms with E-state index in [9.17, 15) is 4.79 Å². The van der Waals surface area contributed by atoms with Crippen LogP contribution in [0, 0.1) is 0 Å². The summed E-state index contributed by atoms with van der Waals surface area (Å²) >= 11 is 0. The quantitative estimate of drug-likeness (QED) is 0.667. The second-order valence-electron chi connectivity index (χ2n) is 5.94. The largest absolute Gasteiger partial charge is 0.497 e. The Morgan fingerprint density at radius 1 is 1.19 bits per heavy atom.